The second-order valence-corrected chi connectivity index (χ2v) is 7.96. The summed E-state index contributed by atoms with van der Waals surface area (Å²) in [5.41, 5.74) is 2.28. The first-order valence-corrected chi connectivity index (χ1v) is 10.6. The van der Waals surface area contributed by atoms with Crippen LogP contribution in [0.25, 0.3) is 0 Å². The zero-order valence-corrected chi connectivity index (χ0v) is 17.5. The standard InChI is InChI=1S/C24H29N3O3/c1-30-22-10-6-5-9-21(22)25-13-15-26(16-14-25)24(29)20-17-23(28)27(18-20)12-11-19-7-3-2-4-8-19/h2-10,20H,11-18H2,1H3/t20-/m1/s1. The van der Waals surface area contributed by atoms with Crippen LogP contribution in [-0.2, 0) is 16.0 Å². The Morgan fingerprint density at radius 1 is 1.00 bits per heavy atom. The van der Waals surface area contributed by atoms with Gasteiger partial charge in [0.25, 0.3) is 0 Å². The SMILES string of the molecule is COc1ccccc1N1CCN(C(=O)[C@@H]2CC(=O)N(CCc3ccccc3)C2)CC1. The molecule has 2 fully saturated rings. The Kier molecular flexibility index (Phi) is 6.21. The maximum atomic E-state index is 13.0. The number of likely N-dealkylation sites (tertiary alicyclic amines) is 1. The zero-order chi connectivity index (χ0) is 20.9. The largest absolute Gasteiger partial charge is 0.495 e. The van der Waals surface area contributed by atoms with Crippen molar-refractivity contribution in [1.29, 1.82) is 0 Å². The van der Waals surface area contributed by atoms with Crippen molar-refractivity contribution < 1.29 is 14.3 Å². The summed E-state index contributed by atoms with van der Waals surface area (Å²) in [5, 5.41) is 0. The lowest BCUT2D eigenvalue weighted by atomic mass is 10.1. The van der Waals surface area contributed by atoms with E-state index in [1.807, 2.05) is 46.2 Å². The summed E-state index contributed by atoms with van der Waals surface area (Å²) in [6, 6.07) is 18.1. The number of nitrogens with zero attached hydrogens (tertiary/aromatic N) is 3. The Hall–Kier alpha value is -3.02. The summed E-state index contributed by atoms with van der Waals surface area (Å²) in [6.45, 7) is 4.09. The lowest BCUT2D eigenvalue weighted by Crippen LogP contribution is -2.50. The van der Waals surface area contributed by atoms with Crippen molar-refractivity contribution in [3.63, 3.8) is 0 Å². The molecule has 6 heteroatoms. The summed E-state index contributed by atoms with van der Waals surface area (Å²) in [4.78, 5) is 31.5. The predicted molar refractivity (Wildman–Crippen MR) is 117 cm³/mol. The molecule has 4 rings (SSSR count). The minimum atomic E-state index is -0.217. The molecule has 0 bridgehead atoms. The molecule has 0 unspecified atom stereocenters. The number of anilines is 1. The molecule has 2 saturated heterocycles. The minimum absolute atomic E-state index is 0.0944. The quantitative estimate of drug-likeness (QED) is 0.738. The van der Waals surface area contributed by atoms with Gasteiger partial charge in [0.15, 0.2) is 0 Å². The number of methoxy groups -OCH3 is 1. The zero-order valence-electron chi connectivity index (χ0n) is 17.5. The van der Waals surface area contributed by atoms with E-state index in [1.54, 1.807) is 7.11 Å². The number of benzene rings is 2. The summed E-state index contributed by atoms with van der Waals surface area (Å²) >= 11 is 0. The molecule has 2 aromatic rings. The number of para-hydroxylation sites is 2. The monoisotopic (exact) mass is 407 g/mol. The molecule has 0 aromatic heterocycles. The molecule has 2 aliphatic rings. The summed E-state index contributed by atoms with van der Waals surface area (Å²) in [6.07, 6.45) is 1.16. The molecule has 0 spiro atoms. The molecule has 0 N–H and O–H groups in total. The van der Waals surface area contributed by atoms with E-state index in [-0.39, 0.29) is 17.7 Å². The van der Waals surface area contributed by atoms with Crippen LogP contribution in [0.5, 0.6) is 5.75 Å². The molecule has 0 aliphatic carbocycles. The maximum Gasteiger partial charge on any atom is 0.228 e. The second-order valence-electron chi connectivity index (χ2n) is 7.96. The van der Waals surface area contributed by atoms with Crippen LogP contribution in [0.3, 0.4) is 0 Å². The van der Waals surface area contributed by atoms with Gasteiger partial charge in [-0.2, -0.15) is 0 Å². The number of hydrogen-bond donors (Lipinski definition) is 0. The van der Waals surface area contributed by atoms with E-state index in [0.717, 1.165) is 30.9 Å². The fourth-order valence-corrected chi connectivity index (χ4v) is 4.38. The minimum Gasteiger partial charge on any atom is -0.495 e. The molecule has 1 atom stereocenters. The van der Waals surface area contributed by atoms with E-state index in [9.17, 15) is 9.59 Å². The van der Waals surface area contributed by atoms with Gasteiger partial charge in [-0.3, -0.25) is 9.59 Å². The number of amides is 2. The highest BCUT2D eigenvalue weighted by Gasteiger charge is 2.37. The topological polar surface area (TPSA) is 53.1 Å². The third-order valence-electron chi connectivity index (χ3n) is 6.09. The molecule has 158 valence electrons. The van der Waals surface area contributed by atoms with Crippen LogP contribution in [-0.4, -0.2) is 68.0 Å². The summed E-state index contributed by atoms with van der Waals surface area (Å²) in [5.74, 6) is 0.848. The van der Waals surface area contributed by atoms with Gasteiger partial charge in [-0.05, 0) is 24.1 Å². The highest BCUT2D eigenvalue weighted by atomic mass is 16.5. The van der Waals surface area contributed by atoms with Crippen LogP contribution < -0.4 is 9.64 Å². The highest BCUT2D eigenvalue weighted by Crippen LogP contribution is 2.29. The Morgan fingerprint density at radius 3 is 2.43 bits per heavy atom. The smallest absolute Gasteiger partial charge is 0.228 e. The van der Waals surface area contributed by atoms with Crippen LogP contribution in [0.4, 0.5) is 5.69 Å². The third-order valence-corrected chi connectivity index (χ3v) is 6.09. The molecular weight excluding hydrogens is 378 g/mol. The number of hydrogen-bond acceptors (Lipinski definition) is 4. The van der Waals surface area contributed by atoms with Gasteiger partial charge in [0.05, 0.1) is 18.7 Å². The van der Waals surface area contributed by atoms with Gasteiger partial charge in [0, 0.05) is 45.7 Å². The Labute approximate surface area is 178 Å². The van der Waals surface area contributed by atoms with E-state index in [0.29, 0.717) is 32.6 Å². The number of ether oxygens (including phenoxy) is 1. The van der Waals surface area contributed by atoms with E-state index in [1.165, 1.54) is 5.56 Å². The fraction of sp³-hybridized carbons (Fsp3) is 0.417. The third kappa shape index (κ3) is 4.42. The molecule has 2 heterocycles. The Bertz CT molecular complexity index is 878. The fourth-order valence-electron chi connectivity index (χ4n) is 4.38. The van der Waals surface area contributed by atoms with Gasteiger partial charge in [-0.15, -0.1) is 0 Å². The first-order chi connectivity index (χ1) is 14.7. The van der Waals surface area contributed by atoms with Crippen molar-refractivity contribution in [3.05, 3.63) is 60.2 Å². The molecule has 0 radical (unpaired) electrons. The Morgan fingerprint density at radius 2 is 1.70 bits per heavy atom. The van der Waals surface area contributed by atoms with Crippen molar-refractivity contribution in [1.82, 2.24) is 9.80 Å². The average Bonchev–Trinajstić information content (AvgIpc) is 3.18. The summed E-state index contributed by atoms with van der Waals surface area (Å²) in [7, 11) is 1.68. The number of piperazine rings is 1. The molecule has 2 aromatic carbocycles. The van der Waals surface area contributed by atoms with E-state index < -0.39 is 0 Å². The van der Waals surface area contributed by atoms with Gasteiger partial charge in [0.1, 0.15) is 5.75 Å². The lowest BCUT2D eigenvalue weighted by Gasteiger charge is -2.37. The van der Waals surface area contributed by atoms with Crippen molar-refractivity contribution in [2.45, 2.75) is 12.8 Å². The van der Waals surface area contributed by atoms with E-state index in [4.69, 9.17) is 4.74 Å². The second kappa shape index (κ2) is 9.20. The van der Waals surface area contributed by atoms with Gasteiger partial charge in [-0.25, -0.2) is 0 Å². The van der Waals surface area contributed by atoms with Crippen LogP contribution in [0, 0.1) is 5.92 Å². The van der Waals surface area contributed by atoms with Crippen molar-refractivity contribution in [2.75, 3.05) is 51.3 Å². The van der Waals surface area contributed by atoms with Gasteiger partial charge in [-0.1, -0.05) is 42.5 Å². The van der Waals surface area contributed by atoms with Gasteiger partial charge >= 0.3 is 0 Å². The molecular formula is C24H29N3O3. The molecule has 2 aliphatic heterocycles. The lowest BCUT2D eigenvalue weighted by molar-refractivity contribution is -0.136. The molecule has 2 amide bonds. The van der Waals surface area contributed by atoms with Crippen molar-refractivity contribution in [2.24, 2.45) is 5.92 Å². The number of rotatable bonds is 6. The Balaban J connectivity index is 1.29. The molecule has 30 heavy (non-hydrogen) atoms. The first kappa shape index (κ1) is 20.3. The van der Waals surface area contributed by atoms with Crippen molar-refractivity contribution in [3.8, 4) is 5.75 Å². The van der Waals surface area contributed by atoms with E-state index >= 15 is 0 Å². The summed E-state index contributed by atoms with van der Waals surface area (Å²) < 4.78 is 5.47. The van der Waals surface area contributed by atoms with Crippen LogP contribution in [0.15, 0.2) is 54.6 Å². The highest BCUT2D eigenvalue weighted by molar-refractivity contribution is 5.89. The average molecular weight is 408 g/mol. The van der Waals surface area contributed by atoms with Crippen LogP contribution in [0.2, 0.25) is 0 Å². The predicted octanol–water partition coefficient (Wildman–Crippen LogP) is 2.44. The van der Waals surface area contributed by atoms with Gasteiger partial charge in [0.2, 0.25) is 11.8 Å². The first-order valence-electron chi connectivity index (χ1n) is 10.6. The number of carbonyl (C=O) groups excluding carboxylic acids is 2. The molecule has 6 nitrogen and oxygen atoms in total. The van der Waals surface area contributed by atoms with Crippen molar-refractivity contribution >= 4 is 17.5 Å². The van der Waals surface area contributed by atoms with Gasteiger partial charge < -0.3 is 19.4 Å². The normalized spacial score (nSPS) is 19.3. The number of carbonyl (C=O) groups is 2. The van der Waals surface area contributed by atoms with E-state index in [2.05, 4.69) is 23.1 Å². The van der Waals surface area contributed by atoms with Crippen LogP contribution in [0.1, 0.15) is 12.0 Å². The van der Waals surface area contributed by atoms with Crippen LogP contribution >= 0.6 is 0 Å². The maximum absolute atomic E-state index is 13.0. The molecule has 0 saturated carbocycles.